The lowest BCUT2D eigenvalue weighted by atomic mass is 9.90. The van der Waals surface area contributed by atoms with Crippen LogP contribution in [0.2, 0.25) is 0 Å². The highest BCUT2D eigenvalue weighted by Crippen LogP contribution is 2.39. The van der Waals surface area contributed by atoms with Crippen molar-refractivity contribution in [3.05, 3.63) is 24.3 Å². The Kier molecular flexibility index (Phi) is 4.52. The molecule has 0 saturated carbocycles. The molecule has 1 aromatic heterocycles. The summed E-state index contributed by atoms with van der Waals surface area (Å²) in [6.07, 6.45) is 5.93. The molecule has 0 aromatic carbocycles. The highest BCUT2D eigenvalue weighted by molar-refractivity contribution is 5.92. The molecule has 1 aromatic rings. The van der Waals surface area contributed by atoms with Gasteiger partial charge in [0.2, 0.25) is 5.91 Å². The summed E-state index contributed by atoms with van der Waals surface area (Å²) in [5.41, 5.74) is -0.571. The molecule has 0 radical (unpaired) electrons. The summed E-state index contributed by atoms with van der Waals surface area (Å²) in [7, 11) is 4.82. The molecule has 2 amide bonds. The molecule has 0 N–H and O–H groups in total. The first kappa shape index (κ1) is 15.4. The average Bonchev–Trinajstić information content (AvgIpc) is 2.93. The maximum absolute atomic E-state index is 12.8. The summed E-state index contributed by atoms with van der Waals surface area (Å²) in [5, 5.41) is 0. The minimum absolute atomic E-state index is 0.0529. The number of likely N-dealkylation sites (tertiary alicyclic amines) is 1. The molecule has 0 aliphatic carbocycles. The van der Waals surface area contributed by atoms with Crippen LogP contribution in [-0.2, 0) is 19.9 Å². The summed E-state index contributed by atoms with van der Waals surface area (Å²) in [4.78, 5) is 36.6. The fourth-order valence-electron chi connectivity index (χ4n) is 2.84. The first-order valence-electron chi connectivity index (χ1n) is 6.81. The molecular formula is C14H20N4O3. The molecule has 7 nitrogen and oxygen atoms in total. The number of amides is 2. The highest BCUT2D eigenvalue weighted by Gasteiger charge is 2.52. The average molecular weight is 292 g/mol. The first-order chi connectivity index (χ1) is 10.0. The second-order valence-electron chi connectivity index (χ2n) is 5.23. The molecule has 0 spiro atoms. The molecule has 2 rings (SSSR count). The van der Waals surface area contributed by atoms with Gasteiger partial charge in [0.1, 0.15) is 6.61 Å². The van der Waals surface area contributed by atoms with Gasteiger partial charge in [-0.2, -0.15) is 0 Å². The number of likely N-dealkylation sites (N-methyl/N-ethyl adjacent to an activating group) is 1. The minimum Gasteiger partial charge on any atom is -0.375 e. The van der Waals surface area contributed by atoms with E-state index in [9.17, 15) is 9.59 Å². The first-order valence-corrected chi connectivity index (χ1v) is 6.81. The van der Waals surface area contributed by atoms with Gasteiger partial charge in [-0.15, -0.1) is 0 Å². The Bertz CT molecular complexity index is 520. The third kappa shape index (κ3) is 2.61. The van der Waals surface area contributed by atoms with Gasteiger partial charge in [-0.1, -0.05) is 0 Å². The van der Waals surface area contributed by atoms with Crippen LogP contribution < -0.4 is 0 Å². The van der Waals surface area contributed by atoms with Crippen LogP contribution >= 0.6 is 0 Å². The summed E-state index contributed by atoms with van der Waals surface area (Å²) < 4.78 is 4.93. The lowest BCUT2D eigenvalue weighted by Gasteiger charge is -2.38. The van der Waals surface area contributed by atoms with Crippen LogP contribution in [0.1, 0.15) is 18.5 Å². The van der Waals surface area contributed by atoms with E-state index in [4.69, 9.17) is 4.74 Å². The number of methoxy groups -OCH3 is 1. The third-order valence-electron chi connectivity index (χ3n) is 3.70. The van der Waals surface area contributed by atoms with Crippen LogP contribution in [0.3, 0.4) is 0 Å². The molecule has 1 unspecified atom stereocenters. The predicted molar refractivity (Wildman–Crippen MR) is 75.2 cm³/mol. The Balaban J connectivity index is 2.50. The Morgan fingerprint density at radius 2 is 2.19 bits per heavy atom. The number of nitrogens with zero attached hydrogens (tertiary/aromatic N) is 4. The maximum Gasteiger partial charge on any atom is 0.254 e. The van der Waals surface area contributed by atoms with Crippen molar-refractivity contribution in [3.8, 4) is 0 Å². The molecule has 0 bridgehead atoms. The second kappa shape index (κ2) is 6.17. The van der Waals surface area contributed by atoms with Gasteiger partial charge in [0.25, 0.3) is 5.91 Å². The van der Waals surface area contributed by atoms with E-state index in [1.54, 1.807) is 31.4 Å². The van der Waals surface area contributed by atoms with Gasteiger partial charge >= 0.3 is 0 Å². The van der Waals surface area contributed by atoms with Crippen molar-refractivity contribution >= 4 is 11.8 Å². The monoisotopic (exact) mass is 292 g/mol. The molecule has 21 heavy (non-hydrogen) atoms. The summed E-state index contributed by atoms with van der Waals surface area (Å²) in [6.45, 7) is 0.459. The topological polar surface area (TPSA) is 75.6 Å². The van der Waals surface area contributed by atoms with E-state index >= 15 is 0 Å². The number of rotatable bonds is 4. The van der Waals surface area contributed by atoms with Gasteiger partial charge in [0, 0.05) is 40.1 Å². The fraction of sp³-hybridized carbons (Fsp3) is 0.571. The van der Waals surface area contributed by atoms with Crippen molar-refractivity contribution in [2.24, 2.45) is 0 Å². The third-order valence-corrected chi connectivity index (χ3v) is 3.70. The van der Waals surface area contributed by atoms with E-state index in [0.29, 0.717) is 18.7 Å². The smallest absolute Gasteiger partial charge is 0.254 e. The van der Waals surface area contributed by atoms with E-state index < -0.39 is 5.54 Å². The van der Waals surface area contributed by atoms with Crippen molar-refractivity contribution in [1.29, 1.82) is 0 Å². The summed E-state index contributed by atoms with van der Waals surface area (Å²) in [6, 6.07) is 0. The number of aromatic nitrogens is 2. The minimum atomic E-state index is -1.08. The Hall–Kier alpha value is -2.02. The highest BCUT2D eigenvalue weighted by atomic mass is 16.5. The van der Waals surface area contributed by atoms with Crippen LogP contribution in [0.15, 0.2) is 18.6 Å². The molecule has 2 heterocycles. The molecule has 7 heteroatoms. The second-order valence-corrected chi connectivity index (χ2v) is 5.23. The van der Waals surface area contributed by atoms with E-state index in [1.165, 1.54) is 18.2 Å². The zero-order chi connectivity index (χ0) is 15.5. The SMILES string of the molecule is COCC(=O)N1CCCC1(C(=O)N(C)C)c1cnccn1. The number of hydrogen-bond acceptors (Lipinski definition) is 5. The van der Waals surface area contributed by atoms with Crippen LogP contribution in [0.25, 0.3) is 0 Å². The molecule has 1 atom stereocenters. The van der Waals surface area contributed by atoms with Crippen molar-refractivity contribution < 1.29 is 14.3 Å². The standard InChI is InChI=1S/C14H20N4O3/c1-17(2)13(20)14(11-9-15-6-7-16-11)5-4-8-18(14)12(19)10-21-3/h6-7,9H,4-5,8,10H2,1-3H3. The van der Waals surface area contributed by atoms with Gasteiger partial charge in [-0.3, -0.25) is 19.6 Å². The van der Waals surface area contributed by atoms with Gasteiger partial charge in [-0.05, 0) is 12.8 Å². The van der Waals surface area contributed by atoms with Crippen LogP contribution in [0.4, 0.5) is 0 Å². The van der Waals surface area contributed by atoms with E-state index in [2.05, 4.69) is 9.97 Å². The van der Waals surface area contributed by atoms with Gasteiger partial charge in [-0.25, -0.2) is 0 Å². The lowest BCUT2D eigenvalue weighted by Crippen LogP contribution is -2.55. The van der Waals surface area contributed by atoms with Crippen molar-refractivity contribution in [2.45, 2.75) is 18.4 Å². The van der Waals surface area contributed by atoms with Gasteiger partial charge in [0.05, 0.1) is 11.9 Å². The molecule has 1 aliphatic rings. The number of hydrogen-bond donors (Lipinski definition) is 0. The van der Waals surface area contributed by atoms with Crippen molar-refractivity contribution in [2.75, 3.05) is 34.4 Å². The quantitative estimate of drug-likeness (QED) is 0.782. The lowest BCUT2D eigenvalue weighted by molar-refractivity contribution is -0.153. The molecule has 114 valence electrons. The Morgan fingerprint density at radius 1 is 1.43 bits per heavy atom. The number of ether oxygens (including phenoxy) is 1. The molecule has 1 aliphatic heterocycles. The van der Waals surface area contributed by atoms with E-state index in [0.717, 1.165) is 6.42 Å². The van der Waals surface area contributed by atoms with Crippen LogP contribution in [0, 0.1) is 0 Å². The normalized spacial score (nSPS) is 21.4. The zero-order valence-electron chi connectivity index (χ0n) is 12.6. The number of carbonyl (C=O) groups is 2. The van der Waals surface area contributed by atoms with Crippen LogP contribution in [-0.4, -0.2) is 65.9 Å². The Morgan fingerprint density at radius 3 is 2.76 bits per heavy atom. The molecular weight excluding hydrogens is 272 g/mol. The summed E-state index contributed by atoms with van der Waals surface area (Å²) >= 11 is 0. The molecule has 1 saturated heterocycles. The fourth-order valence-corrected chi connectivity index (χ4v) is 2.84. The van der Waals surface area contributed by atoms with E-state index in [1.807, 2.05) is 0 Å². The maximum atomic E-state index is 12.8. The van der Waals surface area contributed by atoms with E-state index in [-0.39, 0.29) is 18.4 Å². The predicted octanol–water partition coefficient (Wildman–Crippen LogP) is 0.0289. The van der Waals surface area contributed by atoms with Crippen molar-refractivity contribution in [1.82, 2.24) is 19.8 Å². The summed E-state index contributed by atoms with van der Waals surface area (Å²) in [5.74, 6) is -0.374. The van der Waals surface area contributed by atoms with Crippen LogP contribution in [0.5, 0.6) is 0 Å². The van der Waals surface area contributed by atoms with Crippen molar-refractivity contribution in [3.63, 3.8) is 0 Å². The Labute approximate surface area is 123 Å². The largest absolute Gasteiger partial charge is 0.375 e. The van der Waals surface area contributed by atoms with Gasteiger partial charge < -0.3 is 14.5 Å². The number of carbonyl (C=O) groups excluding carboxylic acids is 2. The van der Waals surface area contributed by atoms with Gasteiger partial charge in [0.15, 0.2) is 5.54 Å². The zero-order valence-corrected chi connectivity index (χ0v) is 12.6. The molecule has 1 fully saturated rings.